The molecule has 1 aliphatic rings. The third-order valence-corrected chi connectivity index (χ3v) is 4.54. The Kier molecular flexibility index (Phi) is 4.93. The van der Waals surface area contributed by atoms with Gasteiger partial charge >= 0.3 is 6.03 Å². The maximum Gasteiger partial charge on any atom is 0.322 e. The largest absolute Gasteiger partial charge is 0.464 e. The van der Waals surface area contributed by atoms with Crippen molar-refractivity contribution >= 4 is 11.7 Å². The molecule has 0 saturated heterocycles. The SMILES string of the molecule is Cc1ccc(NC(=O)N(Cc2ccc3c(c2)OCO3)Cc2ccc(C)o2)cc1. The normalized spacial score (nSPS) is 12.1. The maximum atomic E-state index is 13.0. The minimum Gasteiger partial charge on any atom is -0.464 e. The Labute approximate surface area is 163 Å². The van der Waals surface area contributed by atoms with Gasteiger partial charge in [0.1, 0.15) is 11.5 Å². The number of ether oxygens (including phenoxy) is 2. The molecule has 0 bridgehead atoms. The lowest BCUT2D eigenvalue weighted by Crippen LogP contribution is -2.34. The summed E-state index contributed by atoms with van der Waals surface area (Å²) in [6.45, 7) is 4.89. The first-order valence-electron chi connectivity index (χ1n) is 9.13. The van der Waals surface area contributed by atoms with E-state index in [1.54, 1.807) is 4.90 Å². The number of nitrogens with one attached hydrogen (secondary N) is 1. The number of amides is 2. The average molecular weight is 378 g/mol. The molecule has 1 aromatic heterocycles. The predicted molar refractivity (Wildman–Crippen MR) is 105 cm³/mol. The van der Waals surface area contributed by atoms with Crippen molar-refractivity contribution in [3.8, 4) is 11.5 Å². The molecule has 28 heavy (non-hydrogen) atoms. The highest BCUT2D eigenvalue weighted by molar-refractivity contribution is 5.89. The zero-order valence-electron chi connectivity index (χ0n) is 15.9. The molecule has 2 heterocycles. The molecule has 0 unspecified atom stereocenters. The second-order valence-electron chi connectivity index (χ2n) is 6.85. The van der Waals surface area contributed by atoms with Crippen LogP contribution >= 0.6 is 0 Å². The van der Waals surface area contributed by atoms with Crippen molar-refractivity contribution < 1.29 is 18.7 Å². The van der Waals surface area contributed by atoms with Crippen LogP contribution in [-0.4, -0.2) is 17.7 Å². The van der Waals surface area contributed by atoms with Crippen LogP contribution in [0.25, 0.3) is 0 Å². The molecule has 1 N–H and O–H groups in total. The lowest BCUT2D eigenvalue weighted by Gasteiger charge is -2.22. The number of carbonyl (C=O) groups excluding carboxylic acids is 1. The fourth-order valence-electron chi connectivity index (χ4n) is 3.06. The van der Waals surface area contributed by atoms with Crippen LogP contribution in [0, 0.1) is 13.8 Å². The van der Waals surface area contributed by atoms with Crippen molar-refractivity contribution in [2.75, 3.05) is 12.1 Å². The molecule has 2 amide bonds. The van der Waals surface area contributed by atoms with E-state index >= 15 is 0 Å². The number of hydrogen-bond donors (Lipinski definition) is 1. The van der Waals surface area contributed by atoms with Crippen LogP contribution in [-0.2, 0) is 13.1 Å². The third kappa shape index (κ3) is 4.11. The number of aryl methyl sites for hydroxylation is 2. The van der Waals surface area contributed by atoms with Gasteiger partial charge in [0.2, 0.25) is 6.79 Å². The van der Waals surface area contributed by atoms with E-state index in [2.05, 4.69) is 5.32 Å². The van der Waals surface area contributed by atoms with E-state index in [9.17, 15) is 4.79 Å². The van der Waals surface area contributed by atoms with E-state index in [0.29, 0.717) is 18.8 Å². The molecule has 1 aliphatic heterocycles. The Morgan fingerprint density at radius 3 is 2.50 bits per heavy atom. The molecule has 0 atom stereocenters. The molecular weight excluding hydrogens is 356 g/mol. The Morgan fingerprint density at radius 2 is 1.75 bits per heavy atom. The van der Waals surface area contributed by atoms with Gasteiger partial charge in [0.05, 0.1) is 6.54 Å². The minimum atomic E-state index is -0.199. The second kappa shape index (κ2) is 7.68. The average Bonchev–Trinajstić information content (AvgIpc) is 3.31. The number of hydrogen-bond acceptors (Lipinski definition) is 4. The summed E-state index contributed by atoms with van der Waals surface area (Å²) >= 11 is 0. The molecular formula is C22H22N2O4. The van der Waals surface area contributed by atoms with Crippen LogP contribution in [0.5, 0.6) is 11.5 Å². The molecule has 6 heteroatoms. The lowest BCUT2D eigenvalue weighted by atomic mass is 10.2. The van der Waals surface area contributed by atoms with Crippen LogP contribution in [0.2, 0.25) is 0 Å². The molecule has 0 spiro atoms. The summed E-state index contributed by atoms with van der Waals surface area (Å²) < 4.78 is 16.5. The molecule has 0 aliphatic carbocycles. The zero-order valence-corrected chi connectivity index (χ0v) is 15.9. The summed E-state index contributed by atoms with van der Waals surface area (Å²) in [5.41, 5.74) is 2.84. The van der Waals surface area contributed by atoms with E-state index in [0.717, 1.165) is 34.1 Å². The summed E-state index contributed by atoms with van der Waals surface area (Å²) in [5, 5.41) is 2.96. The maximum absolute atomic E-state index is 13.0. The van der Waals surface area contributed by atoms with Crippen molar-refractivity contribution in [3.63, 3.8) is 0 Å². The quantitative estimate of drug-likeness (QED) is 0.689. The third-order valence-electron chi connectivity index (χ3n) is 4.54. The van der Waals surface area contributed by atoms with Gasteiger partial charge in [-0.2, -0.15) is 0 Å². The van der Waals surface area contributed by atoms with E-state index < -0.39 is 0 Å². The number of nitrogens with zero attached hydrogens (tertiary/aromatic N) is 1. The summed E-state index contributed by atoms with van der Waals surface area (Å²) in [7, 11) is 0. The van der Waals surface area contributed by atoms with Gasteiger partial charge in [0.15, 0.2) is 11.5 Å². The Bertz CT molecular complexity index is 978. The fourth-order valence-corrected chi connectivity index (χ4v) is 3.06. The molecule has 2 aromatic carbocycles. The molecule has 144 valence electrons. The summed E-state index contributed by atoms with van der Waals surface area (Å²) in [4.78, 5) is 14.7. The number of rotatable bonds is 5. The zero-order chi connectivity index (χ0) is 19.5. The van der Waals surface area contributed by atoms with Gasteiger partial charge in [-0.1, -0.05) is 23.8 Å². The van der Waals surface area contributed by atoms with Gasteiger partial charge in [-0.05, 0) is 55.8 Å². The predicted octanol–water partition coefficient (Wildman–Crippen LogP) is 4.86. The molecule has 4 rings (SSSR count). The van der Waals surface area contributed by atoms with Crippen molar-refractivity contribution in [3.05, 3.63) is 77.2 Å². The van der Waals surface area contributed by atoms with Crippen molar-refractivity contribution in [2.45, 2.75) is 26.9 Å². The number of urea groups is 1. The summed E-state index contributed by atoms with van der Waals surface area (Å²) in [6, 6.07) is 17.0. The van der Waals surface area contributed by atoms with Crippen LogP contribution in [0.4, 0.5) is 10.5 Å². The number of furan rings is 1. The van der Waals surface area contributed by atoms with E-state index in [-0.39, 0.29) is 12.8 Å². The summed E-state index contributed by atoms with van der Waals surface area (Å²) in [6.07, 6.45) is 0. The molecule has 3 aromatic rings. The highest BCUT2D eigenvalue weighted by Crippen LogP contribution is 2.33. The first-order chi connectivity index (χ1) is 13.6. The van der Waals surface area contributed by atoms with E-state index in [1.807, 2.05) is 68.4 Å². The molecule has 0 fully saturated rings. The molecule has 0 saturated carbocycles. The first-order valence-corrected chi connectivity index (χ1v) is 9.13. The van der Waals surface area contributed by atoms with Crippen molar-refractivity contribution in [1.29, 1.82) is 0 Å². The summed E-state index contributed by atoms with van der Waals surface area (Å²) in [5.74, 6) is 2.97. The highest BCUT2D eigenvalue weighted by Gasteiger charge is 2.19. The fraction of sp³-hybridized carbons (Fsp3) is 0.227. The Hall–Kier alpha value is -3.41. The van der Waals surface area contributed by atoms with E-state index in [4.69, 9.17) is 13.9 Å². The topological polar surface area (TPSA) is 63.9 Å². The van der Waals surface area contributed by atoms with Gasteiger partial charge < -0.3 is 24.1 Å². The first kappa shape index (κ1) is 18.0. The van der Waals surface area contributed by atoms with Gasteiger partial charge in [-0.3, -0.25) is 0 Å². The molecule has 6 nitrogen and oxygen atoms in total. The van der Waals surface area contributed by atoms with Gasteiger partial charge in [-0.25, -0.2) is 4.79 Å². The molecule has 0 radical (unpaired) electrons. The standard InChI is InChI=1S/C22H22N2O4/c1-15-3-7-18(8-4-15)23-22(25)24(13-19-9-5-16(2)28-19)12-17-6-10-20-21(11-17)27-14-26-20/h3-11H,12-14H2,1-2H3,(H,23,25). The monoisotopic (exact) mass is 378 g/mol. The number of carbonyl (C=O) groups is 1. The van der Waals surface area contributed by atoms with Crippen LogP contribution in [0.3, 0.4) is 0 Å². The van der Waals surface area contributed by atoms with Gasteiger partial charge in [0.25, 0.3) is 0 Å². The Balaban J connectivity index is 1.53. The second-order valence-corrected chi connectivity index (χ2v) is 6.85. The van der Waals surface area contributed by atoms with Crippen LogP contribution < -0.4 is 14.8 Å². The highest BCUT2D eigenvalue weighted by atomic mass is 16.7. The smallest absolute Gasteiger partial charge is 0.322 e. The number of fused-ring (bicyclic) bond motifs is 1. The number of benzene rings is 2. The van der Waals surface area contributed by atoms with Crippen LogP contribution in [0.15, 0.2) is 59.0 Å². The lowest BCUT2D eigenvalue weighted by molar-refractivity contribution is 0.174. The van der Waals surface area contributed by atoms with Gasteiger partial charge in [-0.15, -0.1) is 0 Å². The van der Waals surface area contributed by atoms with E-state index in [1.165, 1.54) is 0 Å². The van der Waals surface area contributed by atoms with Crippen molar-refractivity contribution in [1.82, 2.24) is 4.90 Å². The van der Waals surface area contributed by atoms with Crippen LogP contribution in [0.1, 0.15) is 22.6 Å². The van der Waals surface area contributed by atoms with Gasteiger partial charge in [0, 0.05) is 12.2 Å². The minimum absolute atomic E-state index is 0.199. The van der Waals surface area contributed by atoms with Crippen molar-refractivity contribution in [2.24, 2.45) is 0 Å². The number of anilines is 1. The Morgan fingerprint density at radius 1 is 0.964 bits per heavy atom.